The third kappa shape index (κ3) is 6.81. The van der Waals surface area contributed by atoms with Crippen molar-refractivity contribution in [3.8, 4) is 17.0 Å². The number of anilines is 2. The van der Waals surface area contributed by atoms with Crippen molar-refractivity contribution in [3.63, 3.8) is 0 Å². The van der Waals surface area contributed by atoms with Crippen LogP contribution in [0.2, 0.25) is 4.34 Å². The average molecular weight is 627 g/mol. The van der Waals surface area contributed by atoms with Gasteiger partial charge in [0.15, 0.2) is 5.82 Å². The fraction of sp³-hybridized carbons (Fsp3) is 0.467. The molecule has 0 aliphatic carbocycles. The van der Waals surface area contributed by atoms with Crippen molar-refractivity contribution in [2.45, 2.75) is 46.2 Å². The Morgan fingerprint density at radius 2 is 2.09 bits per heavy atom. The van der Waals surface area contributed by atoms with Crippen LogP contribution in [0.1, 0.15) is 41.9 Å². The van der Waals surface area contributed by atoms with E-state index in [9.17, 15) is 9.59 Å². The highest BCUT2D eigenvalue weighted by atomic mass is 35.5. The predicted molar refractivity (Wildman–Crippen MR) is 173 cm³/mol. The number of nitrogens with zero attached hydrogens (tertiary/aromatic N) is 6. The summed E-state index contributed by atoms with van der Waals surface area (Å²) in [4.78, 5) is 35.2. The summed E-state index contributed by atoms with van der Waals surface area (Å²) in [6, 6.07) is 5.55. The van der Waals surface area contributed by atoms with Crippen LogP contribution in [0.4, 0.5) is 11.5 Å². The summed E-state index contributed by atoms with van der Waals surface area (Å²) in [7, 11) is 3.94. The molecule has 1 saturated heterocycles. The molecule has 0 aromatic carbocycles. The summed E-state index contributed by atoms with van der Waals surface area (Å²) in [5.41, 5.74) is 10.4. The van der Waals surface area contributed by atoms with E-state index in [4.69, 9.17) is 22.1 Å². The van der Waals surface area contributed by atoms with Crippen molar-refractivity contribution in [1.29, 1.82) is 0 Å². The first-order chi connectivity index (χ1) is 20.5. The molecule has 0 unspecified atom stereocenters. The zero-order valence-corrected chi connectivity index (χ0v) is 26.8. The number of fused-ring (bicyclic) bond motifs is 1. The molecule has 13 heteroatoms. The monoisotopic (exact) mass is 626 g/mol. The molecule has 0 saturated carbocycles. The minimum absolute atomic E-state index is 0.000532. The summed E-state index contributed by atoms with van der Waals surface area (Å²) in [6.07, 6.45) is 5.04. The van der Waals surface area contributed by atoms with Crippen molar-refractivity contribution in [3.05, 3.63) is 55.9 Å². The third-order valence-electron chi connectivity index (χ3n) is 7.45. The number of nitrogen functional groups attached to an aromatic ring is 1. The van der Waals surface area contributed by atoms with Gasteiger partial charge in [-0.3, -0.25) is 9.59 Å². The van der Waals surface area contributed by atoms with Gasteiger partial charge < -0.3 is 30.2 Å². The number of carbonyl (C=O) groups is 1. The number of halogens is 1. The number of rotatable bonds is 10. The number of nitrogens with two attached hydrogens (primary N) is 1. The number of amides is 1. The van der Waals surface area contributed by atoms with Crippen LogP contribution >= 0.6 is 22.9 Å². The Morgan fingerprint density at radius 3 is 2.84 bits per heavy atom. The van der Waals surface area contributed by atoms with Gasteiger partial charge in [0.1, 0.15) is 29.1 Å². The Hall–Kier alpha value is -3.61. The number of carbonyl (C=O) groups excluding carboxylic acids is 1. The first kappa shape index (κ1) is 30.8. The number of pyridine rings is 1. The van der Waals surface area contributed by atoms with Gasteiger partial charge in [0.05, 0.1) is 15.7 Å². The van der Waals surface area contributed by atoms with Crippen molar-refractivity contribution >= 4 is 45.9 Å². The number of likely N-dealkylation sites (N-methyl/N-ethyl adjacent to an activating group) is 1. The molecule has 4 aromatic rings. The minimum atomic E-state index is -0.197. The molecule has 1 atom stereocenters. The Bertz CT molecular complexity index is 1680. The van der Waals surface area contributed by atoms with Crippen LogP contribution < -0.4 is 26.2 Å². The van der Waals surface area contributed by atoms with E-state index in [0.29, 0.717) is 57.5 Å². The van der Waals surface area contributed by atoms with Crippen LogP contribution in [0.5, 0.6) is 5.75 Å². The predicted octanol–water partition coefficient (Wildman–Crippen LogP) is 4.16. The van der Waals surface area contributed by atoms with Crippen molar-refractivity contribution in [1.82, 2.24) is 29.4 Å². The molecular weight excluding hydrogens is 588 g/mol. The summed E-state index contributed by atoms with van der Waals surface area (Å²) in [5.74, 6) is 0.986. The Labute approximate surface area is 260 Å². The maximum absolute atomic E-state index is 13.4. The van der Waals surface area contributed by atoms with Crippen LogP contribution in [0.25, 0.3) is 16.8 Å². The van der Waals surface area contributed by atoms with Crippen LogP contribution in [0.15, 0.2) is 35.5 Å². The fourth-order valence-electron chi connectivity index (χ4n) is 5.46. The van der Waals surface area contributed by atoms with E-state index < -0.39 is 0 Å². The number of thiophene rings is 1. The summed E-state index contributed by atoms with van der Waals surface area (Å²) in [5, 5.41) is 7.75. The zero-order chi connectivity index (χ0) is 30.8. The quantitative estimate of drug-likeness (QED) is 0.269. The summed E-state index contributed by atoms with van der Waals surface area (Å²) in [6.45, 7) is 9.18. The molecule has 0 bridgehead atoms. The highest BCUT2D eigenvalue weighted by Gasteiger charge is 2.28. The van der Waals surface area contributed by atoms with Gasteiger partial charge in [-0.2, -0.15) is 5.10 Å². The molecule has 0 radical (unpaired) electrons. The smallest absolute Gasteiger partial charge is 0.265 e. The standard InChI is InChI=1S/C30H39ClN8O3S/c1-18(2)14-38-15-20(11-19(3)30(38)41)22-12-23(26-28(32)33-17-34-39(22)26)37-8-6-7-21(16-37)35-29(40)27-24(13-25(31)43-27)42-10-9-36(4)5/h11-13,15,17-18,21H,6-10,14,16H2,1-5H3,(H,35,40)(H2,32,33,34)/t21-/m1/s1. The molecule has 0 spiro atoms. The van der Waals surface area contributed by atoms with Gasteiger partial charge in [-0.25, -0.2) is 9.50 Å². The second-order valence-electron chi connectivity index (χ2n) is 11.7. The lowest BCUT2D eigenvalue weighted by Crippen LogP contribution is -2.47. The first-order valence-electron chi connectivity index (χ1n) is 14.5. The van der Waals surface area contributed by atoms with E-state index in [1.807, 2.05) is 38.2 Å². The highest BCUT2D eigenvalue weighted by Crippen LogP contribution is 2.36. The van der Waals surface area contributed by atoms with Gasteiger partial charge in [-0.1, -0.05) is 25.4 Å². The molecule has 5 heterocycles. The van der Waals surface area contributed by atoms with Gasteiger partial charge in [-0.15, -0.1) is 11.3 Å². The minimum Gasteiger partial charge on any atom is -0.490 e. The number of ether oxygens (including phenoxy) is 1. The van der Waals surface area contributed by atoms with E-state index >= 15 is 0 Å². The third-order valence-corrected chi connectivity index (χ3v) is 8.70. The largest absolute Gasteiger partial charge is 0.490 e. The number of aromatic nitrogens is 4. The Kier molecular flexibility index (Phi) is 9.28. The molecule has 43 heavy (non-hydrogen) atoms. The van der Waals surface area contributed by atoms with Crippen LogP contribution in [0, 0.1) is 12.8 Å². The molecule has 11 nitrogen and oxygen atoms in total. The number of hydrogen-bond acceptors (Lipinski definition) is 9. The van der Waals surface area contributed by atoms with Crippen LogP contribution in [-0.4, -0.2) is 76.4 Å². The molecule has 5 rings (SSSR count). The second-order valence-corrected chi connectivity index (χ2v) is 13.4. The Morgan fingerprint density at radius 1 is 1.30 bits per heavy atom. The zero-order valence-electron chi connectivity index (χ0n) is 25.3. The number of nitrogens with one attached hydrogen (secondary N) is 1. The van der Waals surface area contributed by atoms with E-state index in [-0.39, 0.29) is 17.5 Å². The van der Waals surface area contributed by atoms with Crippen molar-refractivity contribution in [2.24, 2.45) is 5.92 Å². The summed E-state index contributed by atoms with van der Waals surface area (Å²) >= 11 is 7.49. The molecule has 1 aliphatic rings. The lowest BCUT2D eigenvalue weighted by atomic mass is 10.0. The molecule has 3 N–H and O–H groups in total. The van der Waals surface area contributed by atoms with Gasteiger partial charge >= 0.3 is 0 Å². The molecular formula is C30H39ClN8O3S. The normalized spacial score (nSPS) is 15.5. The summed E-state index contributed by atoms with van der Waals surface area (Å²) < 4.78 is 9.95. The lowest BCUT2D eigenvalue weighted by molar-refractivity contribution is 0.0933. The number of piperidine rings is 1. The van der Waals surface area contributed by atoms with E-state index in [1.165, 1.54) is 17.7 Å². The first-order valence-corrected chi connectivity index (χ1v) is 15.7. The van der Waals surface area contributed by atoms with Crippen LogP contribution in [-0.2, 0) is 6.54 Å². The van der Waals surface area contributed by atoms with Gasteiger partial charge in [0, 0.05) is 55.6 Å². The van der Waals surface area contributed by atoms with E-state index in [2.05, 4.69) is 40.2 Å². The van der Waals surface area contributed by atoms with E-state index in [0.717, 1.165) is 42.9 Å². The Balaban J connectivity index is 1.42. The molecule has 230 valence electrons. The van der Waals surface area contributed by atoms with Crippen molar-refractivity contribution in [2.75, 3.05) is 51.0 Å². The maximum Gasteiger partial charge on any atom is 0.265 e. The fourth-order valence-corrected chi connectivity index (χ4v) is 6.53. The van der Waals surface area contributed by atoms with Gasteiger partial charge in [0.25, 0.3) is 11.5 Å². The maximum atomic E-state index is 13.4. The number of hydrogen-bond donors (Lipinski definition) is 2. The number of aryl methyl sites for hydroxylation is 1. The van der Waals surface area contributed by atoms with Gasteiger partial charge in [0.2, 0.25) is 0 Å². The van der Waals surface area contributed by atoms with E-state index in [1.54, 1.807) is 15.1 Å². The van der Waals surface area contributed by atoms with Crippen molar-refractivity contribution < 1.29 is 9.53 Å². The average Bonchev–Trinajstić information content (AvgIpc) is 3.52. The molecule has 1 amide bonds. The SMILES string of the molecule is Cc1cc(-c2cc(N3CCC[C@@H](NC(=O)c4sc(Cl)cc4OCCN(C)C)C3)c3c(N)ncnn23)cn(CC(C)C)c1=O. The topological polar surface area (TPSA) is 123 Å². The molecule has 4 aromatic heterocycles. The lowest BCUT2D eigenvalue weighted by Gasteiger charge is -2.34. The molecule has 1 fully saturated rings. The second kappa shape index (κ2) is 12.9. The molecule has 1 aliphatic heterocycles. The highest BCUT2D eigenvalue weighted by molar-refractivity contribution is 7.18. The van der Waals surface area contributed by atoms with Gasteiger partial charge in [-0.05, 0) is 51.9 Å². The van der Waals surface area contributed by atoms with Crippen LogP contribution in [0.3, 0.4) is 0 Å².